The van der Waals surface area contributed by atoms with Crippen molar-refractivity contribution in [3.63, 3.8) is 0 Å². The van der Waals surface area contributed by atoms with Gasteiger partial charge in [-0.3, -0.25) is 4.79 Å². The second-order valence-electron chi connectivity index (χ2n) is 5.24. The Morgan fingerprint density at radius 1 is 1.17 bits per heavy atom. The number of carbonyl (C=O) groups excluding carboxylic acids is 1. The minimum atomic E-state index is -0.189. The van der Waals surface area contributed by atoms with E-state index in [2.05, 4.69) is 25.9 Å². The number of aromatic nitrogens is 2. The molecule has 6 heteroatoms. The Balaban J connectivity index is 1.98. The van der Waals surface area contributed by atoms with E-state index >= 15 is 0 Å². The van der Waals surface area contributed by atoms with Crippen LogP contribution in [-0.2, 0) is 6.54 Å². The average Bonchev–Trinajstić information content (AvgIpc) is 2.54. The Morgan fingerprint density at radius 2 is 1.91 bits per heavy atom. The molecule has 1 heterocycles. The molecule has 0 unspecified atom stereocenters. The third-order valence-electron chi connectivity index (χ3n) is 3.49. The van der Waals surface area contributed by atoms with Gasteiger partial charge in [0.25, 0.3) is 5.91 Å². The van der Waals surface area contributed by atoms with Crippen molar-refractivity contribution in [2.24, 2.45) is 0 Å². The number of nitrogen functional groups attached to an aromatic ring is 1. The molecule has 2 aromatic carbocycles. The highest BCUT2D eigenvalue weighted by molar-refractivity contribution is 9.10. The van der Waals surface area contributed by atoms with Crippen molar-refractivity contribution in [2.75, 3.05) is 12.8 Å². The van der Waals surface area contributed by atoms with E-state index in [1.165, 1.54) is 0 Å². The van der Waals surface area contributed by atoms with Crippen LogP contribution in [0.5, 0.6) is 0 Å². The van der Waals surface area contributed by atoms with E-state index in [1.807, 2.05) is 48.5 Å². The van der Waals surface area contributed by atoms with Crippen molar-refractivity contribution in [2.45, 2.75) is 6.54 Å². The third kappa shape index (κ3) is 3.32. The Bertz CT molecular complexity index is 867. The van der Waals surface area contributed by atoms with Gasteiger partial charge in [0.1, 0.15) is 5.69 Å². The van der Waals surface area contributed by atoms with E-state index in [4.69, 9.17) is 5.73 Å². The van der Waals surface area contributed by atoms with Crippen molar-refractivity contribution < 1.29 is 4.79 Å². The molecular weight excluding hydrogens is 356 g/mol. The minimum Gasteiger partial charge on any atom is -0.368 e. The molecule has 0 atom stereocenters. The number of halogens is 1. The van der Waals surface area contributed by atoms with Crippen LogP contribution in [0.25, 0.3) is 10.9 Å². The van der Waals surface area contributed by atoms with Crippen LogP contribution in [0.1, 0.15) is 16.1 Å². The van der Waals surface area contributed by atoms with Crippen LogP contribution in [0.15, 0.2) is 53.0 Å². The van der Waals surface area contributed by atoms with Crippen LogP contribution in [0.2, 0.25) is 0 Å². The number of nitrogens with two attached hydrogens (primary N) is 1. The van der Waals surface area contributed by atoms with Crippen LogP contribution >= 0.6 is 15.9 Å². The van der Waals surface area contributed by atoms with Crippen molar-refractivity contribution in [3.05, 3.63) is 64.3 Å². The monoisotopic (exact) mass is 370 g/mol. The van der Waals surface area contributed by atoms with Crippen molar-refractivity contribution in [1.82, 2.24) is 14.9 Å². The lowest BCUT2D eigenvalue weighted by Gasteiger charge is -2.18. The number of fused-ring (bicyclic) bond motifs is 1. The zero-order valence-corrected chi connectivity index (χ0v) is 14.1. The van der Waals surface area contributed by atoms with Gasteiger partial charge in [0, 0.05) is 23.5 Å². The molecule has 116 valence electrons. The maximum absolute atomic E-state index is 12.8. The second-order valence-corrected chi connectivity index (χ2v) is 6.15. The molecule has 0 spiro atoms. The number of nitrogens with zero attached hydrogens (tertiary/aromatic N) is 3. The third-order valence-corrected chi connectivity index (χ3v) is 3.98. The zero-order chi connectivity index (χ0) is 16.4. The average molecular weight is 371 g/mol. The largest absolute Gasteiger partial charge is 0.368 e. The lowest BCUT2D eigenvalue weighted by molar-refractivity contribution is 0.0781. The van der Waals surface area contributed by atoms with Gasteiger partial charge in [-0.25, -0.2) is 9.97 Å². The molecule has 0 aliphatic rings. The molecule has 0 aliphatic heterocycles. The minimum absolute atomic E-state index is 0.0938. The summed E-state index contributed by atoms with van der Waals surface area (Å²) in [5.74, 6) is -0.0951. The molecule has 3 aromatic rings. The molecule has 1 amide bonds. The van der Waals surface area contributed by atoms with Crippen LogP contribution in [0.4, 0.5) is 5.95 Å². The fourth-order valence-corrected chi connectivity index (χ4v) is 2.75. The van der Waals surface area contributed by atoms with Crippen LogP contribution in [0.3, 0.4) is 0 Å². The van der Waals surface area contributed by atoms with Gasteiger partial charge in [0.2, 0.25) is 5.95 Å². The molecule has 0 bridgehead atoms. The molecule has 1 aromatic heterocycles. The van der Waals surface area contributed by atoms with Gasteiger partial charge in [-0.1, -0.05) is 46.3 Å². The summed E-state index contributed by atoms with van der Waals surface area (Å²) < 4.78 is 0.859. The molecule has 2 N–H and O–H groups in total. The Morgan fingerprint density at radius 3 is 2.65 bits per heavy atom. The first-order valence-corrected chi connectivity index (χ1v) is 7.86. The summed E-state index contributed by atoms with van der Waals surface area (Å²) in [7, 11) is 1.75. The number of hydrogen-bond acceptors (Lipinski definition) is 4. The van der Waals surface area contributed by atoms with Gasteiger partial charge in [0.05, 0.1) is 5.52 Å². The van der Waals surface area contributed by atoms with Crippen molar-refractivity contribution in [1.29, 1.82) is 0 Å². The smallest absolute Gasteiger partial charge is 0.273 e. The number of benzene rings is 2. The Kier molecular flexibility index (Phi) is 4.25. The topological polar surface area (TPSA) is 72.1 Å². The molecule has 23 heavy (non-hydrogen) atoms. The van der Waals surface area contributed by atoms with E-state index in [9.17, 15) is 4.79 Å². The number of rotatable bonds is 3. The maximum atomic E-state index is 12.8. The van der Waals surface area contributed by atoms with Crippen LogP contribution in [-0.4, -0.2) is 27.8 Å². The van der Waals surface area contributed by atoms with E-state index in [0.29, 0.717) is 23.1 Å². The summed E-state index contributed by atoms with van der Waals surface area (Å²) in [4.78, 5) is 22.8. The molecular formula is C17H15BrN4O. The van der Waals surface area contributed by atoms with E-state index in [-0.39, 0.29) is 11.9 Å². The summed E-state index contributed by atoms with van der Waals surface area (Å²) in [6, 6.07) is 15.3. The SMILES string of the molecule is CN(Cc1ccccc1)C(=O)c1nc(N)nc2ccc(Br)cc12. The number of hydrogen-bond donors (Lipinski definition) is 1. The quantitative estimate of drug-likeness (QED) is 0.767. The summed E-state index contributed by atoms with van der Waals surface area (Å²) >= 11 is 3.41. The molecule has 5 nitrogen and oxygen atoms in total. The molecule has 3 rings (SSSR count). The van der Waals surface area contributed by atoms with Gasteiger partial charge in [0.15, 0.2) is 0 Å². The lowest BCUT2D eigenvalue weighted by atomic mass is 10.1. The molecule has 0 aliphatic carbocycles. The number of anilines is 1. The predicted molar refractivity (Wildman–Crippen MR) is 93.9 cm³/mol. The number of carbonyl (C=O) groups is 1. The van der Waals surface area contributed by atoms with Gasteiger partial charge in [-0.15, -0.1) is 0 Å². The zero-order valence-electron chi connectivity index (χ0n) is 12.5. The first-order chi connectivity index (χ1) is 11.0. The fourth-order valence-electron chi connectivity index (χ4n) is 2.39. The molecule has 0 saturated carbocycles. The maximum Gasteiger partial charge on any atom is 0.273 e. The highest BCUT2D eigenvalue weighted by atomic mass is 79.9. The standard InChI is InChI=1S/C17H15BrN4O/c1-22(10-11-5-3-2-4-6-11)16(23)15-13-9-12(18)7-8-14(13)20-17(19)21-15/h2-9H,10H2,1H3,(H2,19,20,21). The highest BCUT2D eigenvalue weighted by Crippen LogP contribution is 2.23. The number of amides is 1. The van der Waals surface area contributed by atoms with E-state index < -0.39 is 0 Å². The van der Waals surface area contributed by atoms with E-state index in [1.54, 1.807) is 11.9 Å². The Labute approximate surface area is 142 Å². The first-order valence-electron chi connectivity index (χ1n) is 7.07. The molecule has 0 fully saturated rings. The van der Waals surface area contributed by atoms with Crippen molar-refractivity contribution in [3.8, 4) is 0 Å². The normalized spacial score (nSPS) is 10.7. The molecule has 0 saturated heterocycles. The van der Waals surface area contributed by atoms with E-state index in [0.717, 1.165) is 10.0 Å². The lowest BCUT2D eigenvalue weighted by Crippen LogP contribution is -2.27. The summed E-state index contributed by atoms with van der Waals surface area (Å²) in [6.45, 7) is 0.499. The fraction of sp³-hybridized carbons (Fsp3) is 0.118. The summed E-state index contributed by atoms with van der Waals surface area (Å²) in [5, 5.41) is 0.679. The van der Waals surface area contributed by atoms with Gasteiger partial charge in [-0.2, -0.15) is 0 Å². The van der Waals surface area contributed by atoms with Crippen LogP contribution < -0.4 is 5.73 Å². The van der Waals surface area contributed by atoms with Crippen LogP contribution in [0, 0.1) is 0 Å². The predicted octanol–water partition coefficient (Wildman–Crippen LogP) is 3.25. The first kappa shape index (κ1) is 15.4. The van der Waals surface area contributed by atoms with Crippen molar-refractivity contribution >= 4 is 38.7 Å². The highest BCUT2D eigenvalue weighted by Gasteiger charge is 2.18. The van der Waals surface area contributed by atoms with Gasteiger partial charge < -0.3 is 10.6 Å². The molecule has 0 radical (unpaired) electrons. The van der Waals surface area contributed by atoms with Gasteiger partial charge >= 0.3 is 0 Å². The summed E-state index contributed by atoms with van der Waals surface area (Å²) in [6.07, 6.45) is 0. The van der Waals surface area contributed by atoms with Gasteiger partial charge in [-0.05, 0) is 23.8 Å². The second kappa shape index (κ2) is 6.34. The Hall–Kier alpha value is -2.47. The summed E-state index contributed by atoms with van der Waals surface area (Å²) in [5.41, 5.74) is 7.76.